The quantitative estimate of drug-likeness (QED) is 0.271. The van der Waals surface area contributed by atoms with E-state index in [1.54, 1.807) is 6.07 Å². The van der Waals surface area contributed by atoms with E-state index in [1.165, 1.54) is 24.3 Å². The van der Waals surface area contributed by atoms with Crippen molar-refractivity contribution >= 4 is 34.8 Å². The monoisotopic (exact) mass is 597 g/mol. The van der Waals surface area contributed by atoms with Crippen molar-refractivity contribution in [1.29, 1.82) is 0 Å². The SMILES string of the molecule is O=C(NCC[C@H](O)CO)[C@@H]1N[C@H](C2CCCCC2)C(C2Nc3cc(Cl)c(F)cc3[C@H]2O)[C@H]1c1ccc(F)c(Cl)c1. The van der Waals surface area contributed by atoms with Crippen LogP contribution in [0.25, 0.3) is 0 Å². The molecule has 11 heteroatoms. The van der Waals surface area contributed by atoms with Crippen LogP contribution in [0, 0.1) is 23.5 Å². The number of anilines is 1. The molecule has 2 aromatic rings. The van der Waals surface area contributed by atoms with E-state index >= 15 is 0 Å². The number of hydrogen-bond acceptors (Lipinski definition) is 6. The van der Waals surface area contributed by atoms with E-state index in [-0.39, 0.29) is 46.8 Å². The highest BCUT2D eigenvalue weighted by Gasteiger charge is 2.55. The normalized spacial score (nSPS) is 29.2. The molecule has 3 aliphatic rings. The van der Waals surface area contributed by atoms with E-state index in [4.69, 9.17) is 28.3 Å². The van der Waals surface area contributed by atoms with Crippen LogP contribution in [0.2, 0.25) is 10.0 Å². The van der Waals surface area contributed by atoms with Gasteiger partial charge in [0.25, 0.3) is 0 Å². The van der Waals surface area contributed by atoms with Crippen molar-refractivity contribution < 1.29 is 28.9 Å². The molecule has 218 valence electrons. The van der Waals surface area contributed by atoms with E-state index in [9.17, 15) is 23.8 Å². The van der Waals surface area contributed by atoms with Gasteiger partial charge in [-0.25, -0.2) is 8.78 Å². The van der Waals surface area contributed by atoms with Gasteiger partial charge in [-0.1, -0.05) is 48.5 Å². The van der Waals surface area contributed by atoms with Gasteiger partial charge in [0, 0.05) is 35.7 Å². The first-order chi connectivity index (χ1) is 19.2. The number of amides is 1. The molecule has 1 saturated carbocycles. The Balaban J connectivity index is 1.54. The van der Waals surface area contributed by atoms with Gasteiger partial charge in [0.2, 0.25) is 5.91 Å². The smallest absolute Gasteiger partial charge is 0.237 e. The first kappa shape index (κ1) is 29.5. The molecule has 7 atom stereocenters. The number of rotatable bonds is 8. The average Bonchev–Trinajstić information content (AvgIpc) is 3.49. The van der Waals surface area contributed by atoms with Gasteiger partial charge in [0.1, 0.15) is 17.7 Å². The predicted octanol–water partition coefficient (Wildman–Crippen LogP) is 4.28. The van der Waals surface area contributed by atoms with Crippen molar-refractivity contribution in [1.82, 2.24) is 10.6 Å². The second-order valence-electron chi connectivity index (χ2n) is 11.2. The number of halogens is 4. The Morgan fingerprint density at radius 1 is 1.05 bits per heavy atom. The summed E-state index contributed by atoms with van der Waals surface area (Å²) in [5.74, 6) is -2.16. The maximum Gasteiger partial charge on any atom is 0.237 e. The molecule has 0 radical (unpaired) electrons. The molecule has 40 heavy (non-hydrogen) atoms. The number of aliphatic hydroxyl groups is 3. The zero-order valence-electron chi connectivity index (χ0n) is 21.9. The third-order valence-corrected chi connectivity index (χ3v) is 9.38. The van der Waals surface area contributed by atoms with Crippen molar-refractivity contribution in [2.45, 2.75) is 74.8 Å². The van der Waals surface area contributed by atoms with E-state index in [0.717, 1.165) is 32.1 Å². The maximum atomic E-state index is 14.4. The van der Waals surface area contributed by atoms with Crippen molar-refractivity contribution in [3.63, 3.8) is 0 Å². The second kappa shape index (κ2) is 12.5. The molecule has 7 nitrogen and oxygen atoms in total. The predicted molar refractivity (Wildman–Crippen MR) is 149 cm³/mol. The highest BCUT2D eigenvalue weighted by atomic mass is 35.5. The number of fused-ring (bicyclic) bond motifs is 1. The molecule has 1 amide bonds. The lowest BCUT2D eigenvalue weighted by Crippen LogP contribution is -2.47. The molecule has 1 aliphatic carbocycles. The van der Waals surface area contributed by atoms with Gasteiger partial charge in [-0.05, 0) is 55.0 Å². The summed E-state index contributed by atoms with van der Waals surface area (Å²) in [5, 5.41) is 40.1. The van der Waals surface area contributed by atoms with Crippen molar-refractivity contribution in [3.8, 4) is 0 Å². The molecule has 6 N–H and O–H groups in total. The van der Waals surface area contributed by atoms with Crippen LogP contribution in [0.5, 0.6) is 0 Å². The van der Waals surface area contributed by atoms with Gasteiger partial charge in [-0.3, -0.25) is 4.79 Å². The number of nitrogens with one attached hydrogen (secondary N) is 3. The molecule has 2 heterocycles. The molecule has 0 bridgehead atoms. The van der Waals surface area contributed by atoms with E-state index in [0.29, 0.717) is 16.8 Å². The fourth-order valence-electron chi connectivity index (χ4n) is 6.89. The largest absolute Gasteiger partial charge is 0.394 e. The van der Waals surface area contributed by atoms with Crippen molar-refractivity contribution in [3.05, 3.63) is 63.1 Å². The fourth-order valence-corrected chi connectivity index (χ4v) is 7.24. The molecule has 2 aromatic carbocycles. The third kappa shape index (κ3) is 5.82. The van der Waals surface area contributed by atoms with Crippen LogP contribution in [-0.2, 0) is 4.79 Å². The van der Waals surface area contributed by atoms with Crippen LogP contribution >= 0.6 is 23.2 Å². The summed E-state index contributed by atoms with van der Waals surface area (Å²) < 4.78 is 28.6. The summed E-state index contributed by atoms with van der Waals surface area (Å²) in [7, 11) is 0. The van der Waals surface area contributed by atoms with Crippen molar-refractivity contribution in [2.75, 3.05) is 18.5 Å². The molecular weight excluding hydrogens is 563 g/mol. The van der Waals surface area contributed by atoms with Crippen LogP contribution in [0.3, 0.4) is 0 Å². The second-order valence-corrected chi connectivity index (χ2v) is 12.0. The first-order valence-electron chi connectivity index (χ1n) is 13.9. The van der Waals surface area contributed by atoms with Crippen LogP contribution in [0.15, 0.2) is 30.3 Å². The minimum atomic E-state index is -1.07. The van der Waals surface area contributed by atoms with Gasteiger partial charge >= 0.3 is 0 Å². The topological polar surface area (TPSA) is 114 Å². The Kier molecular flexibility index (Phi) is 9.19. The van der Waals surface area contributed by atoms with Gasteiger partial charge in [0.15, 0.2) is 0 Å². The van der Waals surface area contributed by atoms with E-state index in [2.05, 4.69) is 16.0 Å². The Hall–Kier alpha value is -2.01. The summed E-state index contributed by atoms with van der Waals surface area (Å²) in [5.41, 5.74) is 1.58. The van der Waals surface area contributed by atoms with Crippen LogP contribution < -0.4 is 16.0 Å². The molecular formula is C29H35Cl2F2N3O4. The number of aliphatic hydroxyl groups excluding tert-OH is 3. The number of benzene rings is 2. The standard InChI is InChI=1S/C29H35Cl2F2N3O4/c30-18-10-15(6-7-20(18)32)23-24(26-28(39)17-11-21(33)19(31)12-22(17)35-26)25(14-4-2-1-3-5-14)36-27(23)29(40)34-9-8-16(38)13-37/h6-7,10-12,14,16,23-28,35-39H,1-5,8-9,13H2,(H,34,40)/t16-,23+,24?,25+,26?,27+,28+/m0/s1. The Labute approximate surface area is 242 Å². The number of hydrogen-bond donors (Lipinski definition) is 6. The highest BCUT2D eigenvalue weighted by Crippen LogP contribution is 2.50. The highest BCUT2D eigenvalue weighted by molar-refractivity contribution is 6.31. The molecule has 2 aliphatic heterocycles. The third-order valence-electron chi connectivity index (χ3n) is 8.80. The molecule has 0 spiro atoms. The van der Waals surface area contributed by atoms with Gasteiger partial charge < -0.3 is 31.3 Å². The van der Waals surface area contributed by atoms with Gasteiger partial charge in [-0.2, -0.15) is 0 Å². The van der Waals surface area contributed by atoms with E-state index in [1.807, 2.05) is 0 Å². The minimum absolute atomic E-state index is 0.0586. The van der Waals surface area contributed by atoms with Crippen LogP contribution in [0.1, 0.15) is 61.7 Å². The molecule has 2 fully saturated rings. The number of carbonyl (C=O) groups excluding carboxylic acids is 1. The van der Waals surface area contributed by atoms with Crippen molar-refractivity contribution in [2.24, 2.45) is 11.8 Å². The lowest BCUT2D eigenvalue weighted by atomic mass is 9.70. The Bertz CT molecular complexity index is 1230. The zero-order chi connectivity index (χ0) is 28.6. The lowest BCUT2D eigenvalue weighted by Gasteiger charge is -2.37. The molecule has 0 aromatic heterocycles. The molecule has 2 unspecified atom stereocenters. The molecule has 5 rings (SSSR count). The lowest BCUT2D eigenvalue weighted by molar-refractivity contribution is -0.123. The summed E-state index contributed by atoms with van der Waals surface area (Å²) in [6, 6.07) is 5.61. The summed E-state index contributed by atoms with van der Waals surface area (Å²) >= 11 is 12.3. The van der Waals surface area contributed by atoms with Gasteiger partial charge in [0.05, 0.1) is 34.8 Å². The molecule has 1 saturated heterocycles. The zero-order valence-corrected chi connectivity index (χ0v) is 23.4. The summed E-state index contributed by atoms with van der Waals surface area (Å²) in [6.45, 7) is -0.252. The summed E-state index contributed by atoms with van der Waals surface area (Å²) in [6.07, 6.45) is 3.32. The average molecular weight is 599 g/mol. The van der Waals surface area contributed by atoms with Crippen LogP contribution in [-0.4, -0.2) is 58.6 Å². The van der Waals surface area contributed by atoms with Crippen LogP contribution in [0.4, 0.5) is 14.5 Å². The summed E-state index contributed by atoms with van der Waals surface area (Å²) in [4.78, 5) is 13.7. The maximum absolute atomic E-state index is 14.4. The van der Waals surface area contributed by atoms with E-state index < -0.39 is 48.5 Å². The van der Waals surface area contributed by atoms with Gasteiger partial charge in [-0.15, -0.1) is 0 Å². The first-order valence-corrected chi connectivity index (χ1v) is 14.7. The Morgan fingerprint density at radius 3 is 2.48 bits per heavy atom. The fraction of sp³-hybridized carbons (Fsp3) is 0.552. The number of carbonyl (C=O) groups is 1. The minimum Gasteiger partial charge on any atom is -0.394 e. The Morgan fingerprint density at radius 2 is 1.77 bits per heavy atom.